The topological polar surface area (TPSA) is 59.0 Å². The van der Waals surface area contributed by atoms with Crippen LogP contribution in [0.1, 0.15) is 24.8 Å². The van der Waals surface area contributed by atoms with Crippen molar-refractivity contribution < 1.29 is 19.4 Å². The number of methoxy groups -OCH3 is 2. The minimum absolute atomic E-state index is 0.0447. The third-order valence-electron chi connectivity index (χ3n) is 5.18. The lowest BCUT2D eigenvalue weighted by molar-refractivity contribution is -0.143. The highest BCUT2D eigenvalue weighted by Crippen LogP contribution is 2.59. The average Bonchev–Trinajstić information content (AvgIpc) is 3.24. The van der Waals surface area contributed by atoms with E-state index in [-0.39, 0.29) is 23.1 Å². The Morgan fingerprint density at radius 2 is 2.09 bits per heavy atom. The van der Waals surface area contributed by atoms with Crippen molar-refractivity contribution in [2.45, 2.75) is 25.8 Å². The molecule has 0 radical (unpaired) electrons. The molecule has 5 nitrogen and oxygen atoms in total. The Morgan fingerprint density at radius 3 is 2.73 bits per heavy atom. The van der Waals surface area contributed by atoms with Crippen molar-refractivity contribution in [1.29, 1.82) is 0 Å². The summed E-state index contributed by atoms with van der Waals surface area (Å²) < 4.78 is 10.0. The number of piperidine rings is 1. The predicted molar refractivity (Wildman–Crippen MR) is 81.7 cm³/mol. The molecule has 1 heterocycles. The van der Waals surface area contributed by atoms with Gasteiger partial charge in [-0.15, -0.1) is 0 Å². The van der Waals surface area contributed by atoms with E-state index in [4.69, 9.17) is 9.47 Å². The molecule has 0 amide bonds. The van der Waals surface area contributed by atoms with Gasteiger partial charge in [-0.25, -0.2) is 0 Å². The van der Waals surface area contributed by atoms with E-state index in [1.54, 1.807) is 13.2 Å². The monoisotopic (exact) mass is 305 g/mol. The molecule has 1 saturated carbocycles. The molecule has 1 saturated heterocycles. The summed E-state index contributed by atoms with van der Waals surface area (Å²) in [6, 6.07) is 5.48. The van der Waals surface area contributed by atoms with Crippen LogP contribution in [0.25, 0.3) is 0 Å². The Labute approximate surface area is 130 Å². The summed E-state index contributed by atoms with van der Waals surface area (Å²) >= 11 is 0. The highest BCUT2D eigenvalue weighted by Gasteiger charge is 2.59. The molecule has 22 heavy (non-hydrogen) atoms. The summed E-state index contributed by atoms with van der Waals surface area (Å²) in [7, 11) is 3.03. The predicted octanol–water partition coefficient (Wildman–Crippen LogP) is 2.18. The van der Waals surface area contributed by atoms with Crippen LogP contribution in [0.5, 0.6) is 11.5 Å². The average molecular weight is 305 g/mol. The number of carbonyl (C=O) groups excluding carboxylic acids is 1. The number of hydrogen-bond acceptors (Lipinski definition) is 5. The summed E-state index contributed by atoms with van der Waals surface area (Å²) in [5, 5.41) is 9.64. The summed E-state index contributed by atoms with van der Waals surface area (Å²) in [6.07, 6.45) is 3.10. The number of phenols is 1. The lowest BCUT2D eigenvalue weighted by atomic mass is 9.90. The molecule has 0 unspecified atom stereocenters. The van der Waals surface area contributed by atoms with E-state index < -0.39 is 0 Å². The zero-order chi connectivity index (χ0) is 15.7. The molecule has 120 valence electrons. The summed E-state index contributed by atoms with van der Waals surface area (Å²) in [5.74, 6) is 0.756. The van der Waals surface area contributed by atoms with Gasteiger partial charge in [0.25, 0.3) is 0 Å². The first-order chi connectivity index (χ1) is 10.6. The zero-order valence-electron chi connectivity index (χ0n) is 13.2. The minimum atomic E-state index is -0.0447. The van der Waals surface area contributed by atoms with Crippen molar-refractivity contribution in [2.75, 3.05) is 27.3 Å². The SMILES string of the molecule is COC(=O)[C@H]1CC12CCN(Cc1ccc(O)c(OC)c1)CC2. The van der Waals surface area contributed by atoms with E-state index >= 15 is 0 Å². The molecule has 2 aliphatic rings. The van der Waals surface area contributed by atoms with Gasteiger partial charge in [0.05, 0.1) is 20.1 Å². The fraction of sp³-hybridized carbons (Fsp3) is 0.588. The fourth-order valence-electron chi connectivity index (χ4n) is 3.61. The summed E-state index contributed by atoms with van der Waals surface area (Å²) in [4.78, 5) is 14.0. The van der Waals surface area contributed by atoms with Crippen molar-refractivity contribution in [3.63, 3.8) is 0 Å². The van der Waals surface area contributed by atoms with Crippen LogP contribution in [0, 0.1) is 11.3 Å². The van der Waals surface area contributed by atoms with Gasteiger partial charge in [-0.1, -0.05) is 6.07 Å². The first-order valence-electron chi connectivity index (χ1n) is 7.74. The lowest BCUT2D eigenvalue weighted by Crippen LogP contribution is -2.35. The molecule has 1 N–H and O–H groups in total. The first-order valence-corrected chi connectivity index (χ1v) is 7.74. The largest absolute Gasteiger partial charge is 0.504 e. The second-order valence-electron chi connectivity index (χ2n) is 6.42. The second-order valence-corrected chi connectivity index (χ2v) is 6.42. The Kier molecular flexibility index (Phi) is 4.00. The number of ether oxygens (including phenoxy) is 2. The number of benzene rings is 1. The van der Waals surface area contributed by atoms with E-state index in [0.717, 1.165) is 44.5 Å². The smallest absolute Gasteiger partial charge is 0.309 e. The van der Waals surface area contributed by atoms with Crippen molar-refractivity contribution >= 4 is 5.97 Å². The Morgan fingerprint density at radius 1 is 1.36 bits per heavy atom. The van der Waals surface area contributed by atoms with Gasteiger partial charge in [0.2, 0.25) is 0 Å². The highest BCUT2D eigenvalue weighted by molar-refractivity contribution is 5.76. The van der Waals surface area contributed by atoms with E-state index in [2.05, 4.69) is 4.90 Å². The van der Waals surface area contributed by atoms with Gasteiger partial charge in [0, 0.05) is 6.54 Å². The van der Waals surface area contributed by atoms with Gasteiger partial charge < -0.3 is 14.6 Å². The molecule has 0 bridgehead atoms. The first kappa shape index (κ1) is 15.2. The molecule has 1 aromatic carbocycles. The quantitative estimate of drug-likeness (QED) is 0.864. The van der Waals surface area contributed by atoms with Gasteiger partial charge in [-0.3, -0.25) is 9.69 Å². The molecule has 2 fully saturated rings. The Balaban J connectivity index is 1.56. The number of esters is 1. The maximum absolute atomic E-state index is 11.6. The van der Waals surface area contributed by atoms with Crippen LogP contribution in [0.4, 0.5) is 0 Å². The maximum Gasteiger partial charge on any atom is 0.309 e. The number of rotatable bonds is 4. The minimum Gasteiger partial charge on any atom is -0.504 e. The number of phenolic OH excluding ortho intramolecular Hbond substituents is 1. The zero-order valence-corrected chi connectivity index (χ0v) is 13.2. The van der Waals surface area contributed by atoms with Crippen LogP contribution in [-0.4, -0.2) is 43.3 Å². The number of nitrogens with zero attached hydrogens (tertiary/aromatic N) is 1. The Hall–Kier alpha value is -1.75. The van der Waals surface area contributed by atoms with Gasteiger partial charge in [0.15, 0.2) is 11.5 Å². The van der Waals surface area contributed by atoms with Gasteiger partial charge in [-0.2, -0.15) is 0 Å². The Bertz CT molecular complexity index is 564. The standard InChI is InChI=1S/C17H23NO4/c1-21-15-9-12(3-4-14(15)19)11-18-7-5-17(6-8-18)10-13(17)16(20)22-2/h3-4,9,13,19H,5-8,10-11H2,1-2H3/t13-/m1/s1. The number of hydrogen-bond donors (Lipinski definition) is 1. The molecule has 1 aliphatic heterocycles. The molecule has 1 aromatic rings. The van der Waals surface area contributed by atoms with Crippen molar-refractivity contribution in [3.05, 3.63) is 23.8 Å². The third kappa shape index (κ3) is 2.77. The van der Waals surface area contributed by atoms with E-state index in [1.165, 1.54) is 7.11 Å². The van der Waals surface area contributed by atoms with Crippen LogP contribution in [0.2, 0.25) is 0 Å². The van der Waals surface area contributed by atoms with Crippen molar-refractivity contribution in [3.8, 4) is 11.5 Å². The fourth-order valence-corrected chi connectivity index (χ4v) is 3.61. The van der Waals surface area contributed by atoms with E-state index in [9.17, 15) is 9.90 Å². The normalized spacial score (nSPS) is 23.3. The summed E-state index contributed by atoms with van der Waals surface area (Å²) in [5.41, 5.74) is 1.34. The molecule has 5 heteroatoms. The van der Waals surface area contributed by atoms with Crippen LogP contribution in [-0.2, 0) is 16.1 Å². The van der Waals surface area contributed by atoms with Gasteiger partial charge in [-0.05, 0) is 55.5 Å². The summed E-state index contributed by atoms with van der Waals surface area (Å²) in [6.45, 7) is 2.84. The van der Waals surface area contributed by atoms with E-state index in [0.29, 0.717) is 5.75 Å². The molecule has 3 rings (SSSR count). The van der Waals surface area contributed by atoms with Gasteiger partial charge in [0.1, 0.15) is 0 Å². The lowest BCUT2D eigenvalue weighted by Gasteiger charge is -2.32. The highest BCUT2D eigenvalue weighted by atomic mass is 16.5. The van der Waals surface area contributed by atoms with Crippen molar-refractivity contribution in [2.24, 2.45) is 11.3 Å². The van der Waals surface area contributed by atoms with Crippen LogP contribution >= 0.6 is 0 Å². The number of aromatic hydroxyl groups is 1. The number of likely N-dealkylation sites (tertiary alicyclic amines) is 1. The molecule has 1 spiro atoms. The third-order valence-corrected chi connectivity index (χ3v) is 5.18. The number of carbonyl (C=O) groups is 1. The molecule has 1 aliphatic carbocycles. The van der Waals surface area contributed by atoms with Crippen LogP contribution in [0.15, 0.2) is 18.2 Å². The van der Waals surface area contributed by atoms with Crippen LogP contribution in [0.3, 0.4) is 0 Å². The molecule has 0 aromatic heterocycles. The van der Waals surface area contributed by atoms with Crippen molar-refractivity contribution in [1.82, 2.24) is 4.90 Å². The molecule has 1 atom stereocenters. The maximum atomic E-state index is 11.6. The van der Waals surface area contributed by atoms with Crippen LogP contribution < -0.4 is 4.74 Å². The molecular weight excluding hydrogens is 282 g/mol. The van der Waals surface area contributed by atoms with Gasteiger partial charge >= 0.3 is 5.97 Å². The van der Waals surface area contributed by atoms with E-state index in [1.807, 2.05) is 12.1 Å². The molecular formula is C17H23NO4. The second kappa shape index (κ2) is 5.80.